The molecule has 0 aliphatic rings. The summed E-state index contributed by atoms with van der Waals surface area (Å²) >= 11 is 0. The molecular formula is C11H20N4O2. The average Bonchev–Trinajstić information content (AvgIpc) is 2.66. The van der Waals surface area contributed by atoms with Crippen LogP contribution in [0.5, 0.6) is 0 Å². The van der Waals surface area contributed by atoms with E-state index in [2.05, 4.69) is 10.4 Å². The first kappa shape index (κ1) is 13.5. The van der Waals surface area contributed by atoms with E-state index in [4.69, 9.17) is 10.5 Å². The highest BCUT2D eigenvalue weighted by Gasteiger charge is 2.30. The Morgan fingerprint density at radius 1 is 1.71 bits per heavy atom. The van der Waals surface area contributed by atoms with Crippen molar-refractivity contribution in [3.8, 4) is 0 Å². The maximum absolute atomic E-state index is 11.9. The number of hydrogen-bond donors (Lipinski definition) is 2. The van der Waals surface area contributed by atoms with Crippen LogP contribution >= 0.6 is 0 Å². The molecule has 6 nitrogen and oxygen atoms in total. The minimum atomic E-state index is -0.795. The number of carbonyl (C=O) groups is 1. The molecule has 0 aromatic carbocycles. The van der Waals surface area contributed by atoms with Gasteiger partial charge in [-0.2, -0.15) is 5.10 Å². The van der Waals surface area contributed by atoms with Crippen molar-refractivity contribution in [1.82, 2.24) is 15.1 Å². The molecule has 1 atom stereocenters. The van der Waals surface area contributed by atoms with Crippen LogP contribution in [-0.2, 0) is 23.1 Å². The van der Waals surface area contributed by atoms with E-state index in [1.54, 1.807) is 24.9 Å². The minimum absolute atomic E-state index is 0.147. The second-order valence-electron chi connectivity index (χ2n) is 4.15. The van der Waals surface area contributed by atoms with E-state index in [1.807, 2.05) is 6.92 Å². The molecule has 1 heterocycles. The largest absolute Gasteiger partial charge is 0.384 e. The zero-order chi connectivity index (χ0) is 13.1. The Bertz CT molecular complexity index is 396. The van der Waals surface area contributed by atoms with Crippen molar-refractivity contribution in [2.24, 2.45) is 7.05 Å². The molecule has 3 N–H and O–H groups in total. The fourth-order valence-corrected chi connectivity index (χ4v) is 1.39. The lowest BCUT2D eigenvalue weighted by Gasteiger charge is -2.25. The van der Waals surface area contributed by atoms with E-state index in [1.165, 1.54) is 7.11 Å². The Balaban J connectivity index is 2.63. The number of rotatable bonds is 5. The molecule has 1 rings (SSSR count). The van der Waals surface area contributed by atoms with Gasteiger partial charge in [0.1, 0.15) is 11.4 Å². The van der Waals surface area contributed by atoms with Gasteiger partial charge in [-0.15, -0.1) is 0 Å². The first-order valence-electron chi connectivity index (χ1n) is 5.54. The normalized spacial score (nSPS) is 14.4. The average molecular weight is 240 g/mol. The number of nitrogens with two attached hydrogens (primary N) is 1. The van der Waals surface area contributed by atoms with Crippen LogP contribution in [0.3, 0.4) is 0 Å². The fourth-order valence-electron chi connectivity index (χ4n) is 1.39. The van der Waals surface area contributed by atoms with Crippen LogP contribution in [-0.4, -0.2) is 28.4 Å². The van der Waals surface area contributed by atoms with Gasteiger partial charge in [-0.25, -0.2) is 0 Å². The summed E-state index contributed by atoms with van der Waals surface area (Å²) in [5.74, 6) is 0.409. The Morgan fingerprint density at radius 2 is 2.35 bits per heavy atom. The van der Waals surface area contributed by atoms with Crippen molar-refractivity contribution < 1.29 is 9.53 Å². The van der Waals surface area contributed by atoms with Crippen LogP contribution in [0.4, 0.5) is 5.82 Å². The van der Waals surface area contributed by atoms with Gasteiger partial charge >= 0.3 is 0 Å². The summed E-state index contributed by atoms with van der Waals surface area (Å²) in [5, 5.41) is 6.80. The van der Waals surface area contributed by atoms with Crippen LogP contribution in [0.15, 0.2) is 6.20 Å². The van der Waals surface area contributed by atoms with Crippen molar-refractivity contribution in [3.63, 3.8) is 0 Å². The number of nitrogen functional groups attached to an aromatic ring is 1. The highest BCUT2D eigenvalue weighted by atomic mass is 16.5. The highest BCUT2D eigenvalue weighted by Crippen LogP contribution is 2.15. The molecule has 0 bridgehead atoms. The zero-order valence-corrected chi connectivity index (χ0v) is 10.8. The summed E-state index contributed by atoms with van der Waals surface area (Å²) < 4.78 is 6.77. The molecule has 96 valence electrons. The van der Waals surface area contributed by atoms with Crippen molar-refractivity contribution >= 4 is 11.7 Å². The van der Waals surface area contributed by atoms with E-state index in [9.17, 15) is 4.79 Å². The lowest BCUT2D eigenvalue weighted by Crippen LogP contribution is -2.45. The van der Waals surface area contributed by atoms with Crippen LogP contribution < -0.4 is 11.1 Å². The van der Waals surface area contributed by atoms with E-state index in [0.29, 0.717) is 18.8 Å². The fraction of sp³-hybridized carbons (Fsp3) is 0.636. The monoisotopic (exact) mass is 240 g/mol. The highest BCUT2D eigenvalue weighted by molar-refractivity contribution is 5.84. The lowest BCUT2D eigenvalue weighted by atomic mass is 10.0. The van der Waals surface area contributed by atoms with Crippen molar-refractivity contribution in [1.29, 1.82) is 0 Å². The number of anilines is 1. The van der Waals surface area contributed by atoms with Gasteiger partial charge in [-0.05, 0) is 13.3 Å². The molecule has 0 saturated heterocycles. The molecule has 1 amide bonds. The summed E-state index contributed by atoms with van der Waals surface area (Å²) in [6, 6.07) is 0. The molecule has 0 fully saturated rings. The summed E-state index contributed by atoms with van der Waals surface area (Å²) in [5.41, 5.74) is 5.79. The van der Waals surface area contributed by atoms with Crippen molar-refractivity contribution in [2.45, 2.75) is 32.4 Å². The standard InChI is InChI=1S/C11H20N4O2/c1-5-11(2,17-4)10(16)13-6-8-7-14-15(3)9(8)12/h7H,5-6,12H2,1-4H3,(H,13,16). The predicted molar refractivity (Wildman–Crippen MR) is 65.2 cm³/mol. The van der Waals surface area contributed by atoms with Gasteiger partial charge in [0.2, 0.25) is 0 Å². The van der Waals surface area contributed by atoms with Crippen LogP contribution in [0.2, 0.25) is 0 Å². The van der Waals surface area contributed by atoms with E-state index >= 15 is 0 Å². The summed E-state index contributed by atoms with van der Waals surface area (Å²) in [6.07, 6.45) is 2.25. The Hall–Kier alpha value is -1.56. The number of ether oxygens (including phenoxy) is 1. The topological polar surface area (TPSA) is 82.2 Å². The quantitative estimate of drug-likeness (QED) is 0.782. The van der Waals surface area contributed by atoms with Gasteiger partial charge < -0.3 is 15.8 Å². The number of nitrogens with one attached hydrogen (secondary N) is 1. The first-order valence-corrected chi connectivity index (χ1v) is 5.54. The van der Waals surface area contributed by atoms with E-state index in [0.717, 1.165) is 5.56 Å². The molecule has 0 aliphatic carbocycles. The number of nitrogens with zero attached hydrogens (tertiary/aromatic N) is 2. The SMILES string of the molecule is CCC(C)(OC)C(=O)NCc1cnn(C)c1N. The van der Waals surface area contributed by atoms with E-state index < -0.39 is 5.60 Å². The molecule has 1 aromatic heterocycles. The lowest BCUT2D eigenvalue weighted by molar-refractivity contribution is -0.142. The molecule has 0 saturated carbocycles. The summed E-state index contributed by atoms with van der Waals surface area (Å²) in [7, 11) is 3.29. The summed E-state index contributed by atoms with van der Waals surface area (Å²) in [6.45, 7) is 4.02. The third-order valence-corrected chi connectivity index (χ3v) is 3.11. The second-order valence-corrected chi connectivity index (χ2v) is 4.15. The second kappa shape index (κ2) is 5.18. The van der Waals surface area contributed by atoms with Gasteiger partial charge in [0, 0.05) is 26.3 Å². The third-order valence-electron chi connectivity index (χ3n) is 3.11. The van der Waals surface area contributed by atoms with Crippen molar-refractivity contribution in [2.75, 3.05) is 12.8 Å². The number of carbonyl (C=O) groups excluding carboxylic acids is 1. The maximum Gasteiger partial charge on any atom is 0.252 e. The molecule has 1 unspecified atom stereocenters. The number of amides is 1. The molecule has 1 aromatic rings. The maximum atomic E-state index is 11.9. The van der Waals surface area contributed by atoms with Gasteiger partial charge in [-0.1, -0.05) is 6.92 Å². The minimum Gasteiger partial charge on any atom is -0.384 e. The summed E-state index contributed by atoms with van der Waals surface area (Å²) in [4.78, 5) is 11.9. The van der Waals surface area contributed by atoms with Gasteiger partial charge in [0.15, 0.2) is 0 Å². The predicted octanol–water partition coefficient (Wildman–Crippen LogP) is 0.434. The molecule has 0 spiro atoms. The molecule has 17 heavy (non-hydrogen) atoms. The number of hydrogen-bond acceptors (Lipinski definition) is 4. The first-order chi connectivity index (χ1) is 7.94. The number of methoxy groups -OCH3 is 1. The van der Waals surface area contributed by atoms with Gasteiger partial charge in [0.05, 0.1) is 6.20 Å². The zero-order valence-electron chi connectivity index (χ0n) is 10.8. The van der Waals surface area contributed by atoms with Gasteiger partial charge in [0.25, 0.3) is 5.91 Å². The smallest absolute Gasteiger partial charge is 0.252 e. The number of aromatic nitrogens is 2. The molecule has 0 radical (unpaired) electrons. The van der Waals surface area contributed by atoms with E-state index in [-0.39, 0.29) is 5.91 Å². The Kier molecular flexibility index (Phi) is 4.11. The Labute approximate surface area is 101 Å². The third kappa shape index (κ3) is 2.76. The van der Waals surface area contributed by atoms with Crippen LogP contribution in [0.1, 0.15) is 25.8 Å². The van der Waals surface area contributed by atoms with Gasteiger partial charge in [-0.3, -0.25) is 9.48 Å². The van der Waals surface area contributed by atoms with Crippen LogP contribution in [0.25, 0.3) is 0 Å². The van der Waals surface area contributed by atoms with Crippen LogP contribution in [0, 0.1) is 0 Å². The number of aryl methyl sites for hydroxylation is 1. The molecule has 0 aliphatic heterocycles. The molecule has 6 heteroatoms. The van der Waals surface area contributed by atoms with Crippen molar-refractivity contribution in [3.05, 3.63) is 11.8 Å². The Morgan fingerprint density at radius 3 is 2.76 bits per heavy atom. The molecular weight excluding hydrogens is 220 g/mol.